The van der Waals surface area contributed by atoms with E-state index >= 15 is 0 Å². The Hall–Kier alpha value is -1.10. The highest BCUT2D eigenvalue weighted by Gasteiger charge is 2.57. The summed E-state index contributed by atoms with van der Waals surface area (Å²) in [7, 11) is 0. The molecule has 5 nitrogen and oxygen atoms in total. The summed E-state index contributed by atoms with van der Waals surface area (Å²) in [5.74, 6) is -0.963. The molecule has 0 aromatic heterocycles. The van der Waals surface area contributed by atoms with Crippen LogP contribution in [0.25, 0.3) is 0 Å². The van der Waals surface area contributed by atoms with Crippen molar-refractivity contribution in [2.45, 2.75) is 46.6 Å². The monoisotopic (exact) mass is 272 g/mol. The quantitative estimate of drug-likeness (QED) is 0.716. The van der Waals surface area contributed by atoms with E-state index in [4.69, 9.17) is 14.2 Å². The lowest BCUT2D eigenvalue weighted by Crippen LogP contribution is -2.46. The van der Waals surface area contributed by atoms with Crippen LogP contribution in [0.3, 0.4) is 0 Å². The Morgan fingerprint density at radius 2 is 1.74 bits per heavy atom. The van der Waals surface area contributed by atoms with Crippen molar-refractivity contribution in [2.24, 2.45) is 11.3 Å². The summed E-state index contributed by atoms with van der Waals surface area (Å²) >= 11 is 0. The number of hydrogen-bond acceptors (Lipinski definition) is 5. The van der Waals surface area contributed by atoms with Gasteiger partial charge in [0.2, 0.25) is 0 Å². The predicted octanol–water partition coefficient (Wildman–Crippen LogP) is 1.93. The summed E-state index contributed by atoms with van der Waals surface area (Å²) in [6.07, 6.45) is 0.163. The van der Waals surface area contributed by atoms with Gasteiger partial charge in [-0.05, 0) is 26.2 Å². The fraction of sp³-hybridized carbons (Fsp3) is 0.857. The Kier molecular flexibility index (Phi) is 4.96. The van der Waals surface area contributed by atoms with Gasteiger partial charge in [0.25, 0.3) is 0 Å². The van der Waals surface area contributed by atoms with Crippen LogP contribution in [0.2, 0.25) is 0 Å². The molecule has 1 aliphatic heterocycles. The second-order valence-electron chi connectivity index (χ2n) is 5.67. The minimum atomic E-state index is -1.08. The van der Waals surface area contributed by atoms with Crippen LogP contribution in [0.1, 0.15) is 41.0 Å². The lowest BCUT2D eigenvalue weighted by Gasteiger charge is -2.32. The standard InChI is InChI=1S/C14H24O5/c1-6-17-11(15)8-10-13(3,4)9-19-14(10,5)12(16)18-7-2/h10H,6-9H2,1-5H3/t10-,14+/m0/s1. The van der Waals surface area contributed by atoms with Gasteiger partial charge in [-0.2, -0.15) is 0 Å². The zero-order chi connectivity index (χ0) is 14.7. The zero-order valence-electron chi connectivity index (χ0n) is 12.4. The van der Waals surface area contributed by atoms with Crippen LogP contribution in [0.5, 0.6) is 0 Å². The maximum Gasteiger partial charge on any atom is 0.338 e. The molecule has 19 heavy (non-hydrogen) atoms. The van der Waals surface area contributed by atoms with Crippen LogP contribution in [-0.2, 0) is 23.8 Å². The molecular weight excluding hydrogens is 248 g/mol. The fourth-order valence-corrected chi connectivity index (χ4v) is 2.62. The number of esters is 2. The van der Waals surface area contributed by atoms with Gasteiger partial charge in [-0.15, -0.1) is 0 Å². The van der Waals surface area contributed by atoms with Gasteiger partial charge in [0, 0.05) is 5.92 Å². The first-order chi connectivity index (χ1) is 8.78. The molecule has 110 valence electrons. The predicted molar refractivity (Wildman–Crippen MR) is 69.5 cm³/mol. The van der Waals surface area contributed by atoms with Gasteiger partial charge in [0.05, 0.1) is 26.2 Å². The summed E-state index contributed by atoms with van der Waals surface area (Å²) in [5, 5.41) is 0. The normalized spacial score (nSPS) is 29.0. The molecule has 0 unspecified atom stereocenters. The second kappa shape index (κ2) is 5.90. The average molecular weight is 272 g/mol. The summed E-state index contributed by atoms with van der Waals surface area (Å²) in [6.45, 7) is 10.2. The summed E-state index contributed by atoms with van der Waals surface area (Å²) in [4.78, 5) is 23.8. The van der Waals surface area contributed by atoms with E-state index in [9.17, 15) is 9.59 Å². The summed E-state index contributed by atoms with van der Waals surface area (Å²) in [6, 6.07) is 0. The van der Waals surface area contributed by atoms with Gasteiger partial charge in [-0.25, -0.2) is 4.79 Å². The van der Waals surface area contributed by atoms with E-state index < -0.39 is 11.6 Å². The molecule has 0 aromatic carbocycles. The highest BCUT2D eigenvalue weighted by Crippen LogP contribution is 2.47. The van der Waals surface area contributed by atoms with Gasteiger partial charge in [0.15, 0.2) is 5.60 Å². The number of rotatable bonds is 5. The number of carbonyl (C=O) groups is 2. The minimum Gasteiger partial charge on any atom is -0.466 e. The second-order valence-corrected chi connectivity index (χ2v) is 5.67. The average Bonchev–Trinajstić information content (AvgIpc) is 2.55. The fourth-order valence-electron chi connectivity index (χ4n) is 2.62. The molecule has 5 heteroatoms. The lowest BCUT2D eigenvalue weighted by atomic mass is 9.71. The van der Waals surface area contributed by atoms with Crippen molar-refractivity contribution in [1.82, 2.24) is 0 Å². The Morgan fingerprint density at radius 1 is 1.16 bits per heavy atom. The largest absolute Gasteiger partial charge is 0.466 e. The molecule has 0 bridgehead atoms. The van der Waals surface area contributed by atoms with Crippen LogP contribution in [-0.4, -0.2) is 37.4 Å². The zero-order valence-corrected chi connectivity index (χ0v) is 12.4. The lowest BCUT2D eigenvalue weighted by molar-refractivity contribution is -0.169. The van der Waals surface area contributed by atoms with Crippen molar-refractivity contribution >= 4 is 11.9 Å². The van der Waals surface area contributed by atoms with Gasteiger partial charge >= 0.3 is 11.9 Å². The molecule has 0 aromatic rings. The minimum absolute atomic E-state index is 0.163. The summed E-state index contributed by atoms with van der Waals surface area (Å²) in [5.41, 5.74) is -1.35. The van der Waals surface area contributed by atoms with Crippen LogP contribution in [0, 0.1) is 11.3 Å². The van der Waals surface area contributed by atoms with E-state index in [2.05, 4.69) is 0 Å². The van der Waals surface area contributed by atoms with Crippen molar-refractivity contribution in [3.8, 4) is 0 Å². The molecule has 1 rings (SSSR count). The van der Waals surface area contributed by atoms with Crippen molar-refractivity contribution in [1.29, 1.82) is 0 Å². The van der Waals surface area contributed by atoms with Gasteiger partial charge in [-0.3, -0.25) is 4.79 Å². The number of hydrogen-bond donors (Lipinski definition) is 0. The third-order valence-electron chi connectivity index (χ3n) is 3.71. The van der Waals surface area contributed by atoms with Gasteiger partial charge in [-0.1, -0.05) is 13.8 Å². The Morgan fingerprint density at radius 3 is 2.26 bits per heavy atom. The molecule has 1 aliphatic rings. The molecular formula is C14H24O5. The molecule has 2 atom stereocenters. The first kappa shape index (κ1) is 16.0. The molecule has 0 spiro atoms. The molecule has 0 N–H and O–H groups in total. The van der Waals surface area contributed by atoms with E-state index in [0.29, 0.717) is 19.8 Å². The van der Waals surface area contributed by atoms with Crippen molar-refractivity contribution < 1.29 is 23.8 Å². The third-order valence-corrected chi connectivity index (χ3v) is 3.71. The SMILES string of the molecule is CCOC(=O)C[C@H]1C(C)(C)CO[C@@]1(C)C(=O)OCC. The molecule has 1 fully saturated rings. The first-order valence-electron chi connectivity index (χ1n) is 6.74. The molecule has 0 saturated carbocycles. The van der Waals surface area contributed by atoms with E-state index in [-0.39, 0.29) is 23.7 Å². The Balaban J connectivity index is 2.91. The molecule has 1 heterocycles. The Labute approximate surface area is 114 Å². The molecule has 0 radical (unpaired) electrons. The first-order valence-corrected chi connectivity index (χ1v) is 6.74. The molecule has 1 saturated heterocycles. The summed E-state index contributed by atoms with van der Waals surface area (Å²) < 4.78 is 15.7. The van der Waals surface area contributed by atoms with Crippen LogP contribution in [0.15, 0.2) is 0 Å². The highest BCUT2D eigenvalue weighted by atomic mass is 16.6. The smallest absolute Gasteiger partial charge is 0.338 e. The number of ether oxygens (including phenoxy) is 3. The highest BCUT2D eigenvalue weighted by molar-refractivity contribution is 5.81. The van der Waals surface area contributed by atoms with Crippen molar-refractivity contribution in [3.63, 3.8) is 0 Å². The maximum absolute atomic E-state index is 12.1. The van der Waals surface area contributed by atoms with Crippen LogP contribution in [0.4, 0.5) is 0 Å². The third kappa shape index (κ3) is 3.26. The molecule has 0 aliphatic carbocycles. The van der Waals surface area contributed by atoms with Gasteiger partial charge in [0.1, 0.15) is 0 Å². The van der Waals surface area contributed by atoms with Crippen LogP contribution >= 0.6 is 0 Å². The van der Waals surface area contributed by atoms with Crippen molar-refractivity contribution in [3.05, 3.63) is 0 Å². The van der Waals surface area contributed by atoms with E-state index in [1.807, 2.05) is 13.8 Å². The Bertz CT molecular complexity index is 350. The maximum atomic E-state index is 12.1. The van der Waals surface area contributed by atoms with Crippen LogP contribution < -0.4 is 0 Å². The van der Waals surface area contributed by atoms with E-state index in [1.54, 1.807) is 20.8 Å². The van der Waals surface area contributed by atoms with E-state index in [0.717, 1.165) is 0 Å². The molecule has 0 amide bonds. The topological polar surface area (TPSA) is 61.8 Å². The van der Waals surface area contributed by atoms with Gasteiger partial charge < -0.3 is 14.2 Å². The number of carbonyl (C=O) groups excluding carboxylic acids is 2. The van der Waals surface area contributed by atoms with Crippen molar-refractivity contribution in [2.75, 3.05) is 19.8 Å². The van der Waals surface area contributed by atoms with E-state index in [1.165, 1.54) is 0 Å².